The summed E-state index contributed by atoms with van der Waals surface area (Å²) in [4.78, 5) is 7.87. The maximum atomic E-state index is 5.43. The first-order chi connectivity index (χ1) is 30.8. The molecule has 0 aromatic heterocycles. The molecular weight excluding hydrogens is 751 g/mol. The molecule has 2 aliphatic heterocycles. The van der Waals surface area contributed by atoms with E-state index in [-0.39, 0.29) is 6.04 Å². The van der Waals surface area contributed by atoms with Crippen molar-refractivity contribution in [2.45, 2.75) is 11.5 Å². The lowest BCUT2D eigenvalue weighted by atomic mass is 9.64. The molecule has 9 aromatic rings. The van der Waals surface area contributed by atoms with Gasteiger partial charge >= 0.3 is 0 Å². The Bertz CT molecular complexity index is 3160. The zero-order chi connectivity index (χ0) is 41.0. The largest absolute Gasteiger partial charge is 0.359 e. The molecule has 3 aliphatic rings. The summed E-state index contributed by atoms with van der Waals surface area (Å²) in [7, 11) is 0. The van der Waals surface area contributed by atoms with Crippen LogP contribution in [0.5, 0.6) is 0 Å². The summed E-state index contributed by atoms with van der Waals surface area (Å²) in [6.45, 7) is 0. The highest BCUT2D eigenvalue weighted by atomic mass is 15.2. The van der Waals surface area contributed by atoms with Crippen molar-refractivity contribution < 1.29 is 0 Å². The van der Waals surface area contributed by atoms with Crippen LogP contribution in [0.1, 0.15) is 45.0 Å². The minimum atomic E-state index is -0.543. The first kappa shape index (κ1) is 35.9. The van der Waals surface area contributed by atoms with E-state index in [0.29, 0.717) is 0 Å². The summed E-state index contributed by atoms with van der Waals surface area (Å²) >= 11 is 0. The number of benzene rings is 9. The zero-order valence-corrected chi connectivity index (χ0v) is 34.0. The van der Waals surface area contributed by atoms with Gasteiger partial charge in [-0.05, 0) is 97.6 Å². The summed E-state index contributed by atoms with van der Waals surface area (Å²) in [5.41, 5.74) is 19.6. The van der Waals surface area contributed by atoms with Gasteiger partial charge in [0.05, 0.1) is 28.5 Å². The van der Waals surface area contributed by atoms with E-state index in [1.54, 1.807) is 0 Å². The highest BCUT2D eigenvalue weighted by Gasteiger charge is 2.51. The molecule has 2 heterocycles. The topological polar surface area (TPSA) is 27.6 Å². The van der Waals surface area contributed by atoms with Gasteiger partial charge in [-0.15, -0.1) is 0 Å². The van der Waals surface area contributed by atoms with E-state index in [1.165, 1.54) is 61.4 Å². The molecule has 12 rings (SSSR count). The molecular formula is C59H41N3. The number of rotatable bonds is 6. The van der Waals surface area contributed by atoms with E-state index in [9.17, 15) is 0 Å². The van der Waals surface area contributed by atoms with E-state index >= 15 is 0 Å². The fourth-order valence-corrected chi connectivity index (χ4v) is 10.2. The molecule has 0 amide bonds. The summed E-state index contributed by atoms with van der Waals surface area (Å²) < 4.78 is 0. The van der Waals surface area contributed by atoms with E-state index in [4.69, 9.17) is 4.99 Å². The quantitative estimate of drug-likeness (QED) is 0.182. The fraction of sp³-hybridized carbons (Fsp3) is 0.0339. The second-order valence-corrected chi connectivity index (χ2v) is 16.3. The van der Waals surface area contributed by atoms with Gasteiger partial charge in [-0.3, -0.25) is 0 Å². The molecule has 0 fully saturated rings. The van der Waals surface area contributed by atoms with Crippen LogP contribution in [0.25, 0.3) is 39.1 Å². The van der Waals surface area contributed by atoms with Crippen molar-refractivity contribution in [3.8, 4) is 33.4 Å². The average Bonchev–Trinajstić information content (AvgIpc) is 3.65. The van der Waals surface area contributed by atoms with Crippen molar-refractivity contribution in [2.24, 2.45) is 4.99 Å². The number of para-hydroxylation sites is 3. The van der Waals surface area contributed by atoms with Crippen LogP contribution < -0.4 is 10.2 Å². The molecule has 1 atom stereocenters. The summed E-state index contributed by atoms with van der Waals surface area (Å²) in [5.74, 6) is 0.854. The summed E-state index contributed by atoms with van der Waals surface area (Å²) in [6.07, 6.45) is 2.28. The highest BCUT2D eigenvalue weighted by Crippen LogP contribution is 2.63. The van der Waals surface area contributed by atoms with Crippen molar-refractivity contribution in [1.29, 1.82) is 0 Å². The van der Waals surface area contributed by atoms with Gasteiger partial charge in [0.15, 0.2) is 0 Å². The molecule has 0 radical (unpaired) electrons. The predicted molar refractivity (Wildman–Crippen MR) is 256 cm³/mol. The highest BCUT2D eigenvalue weighted by molar-refractivity contribution is 6.05. The number of aliphatic imine (C=N–C) groups is 1. The van der Waals surface area contributed by atoms with Gasteiger partial charge in [-0.25, -0.2) is 4.99 Å². The van der Waals surface area contributed by atoms with Crippen molar-refractivity contribution in [1.82, 2.24) is 5.32 Å². The lowest BCUT2D eigenvalue weighted by Crippen LogP contribution is -2.36. The van der Waals surface area contributed by atoms with E-state index in [2.05, 4.69) is 247 Å². The van der Waals surface area contributed by atoms with Crippen LogP contribution >= 0.6 is 0 Å². The molecule has 0 saturated carbocycles. The first-order valence-corrected chi connectivity index (χ1v) is 21.4. The fourth-order valence-electron chi connectivity index (χ4n) is 10.2. The van der Waals surface area contributed by atoms with Gasteiger partial charge in [0.2, 0.25) is 0 Å². The Kier molecular flexibility index (Phi) is 8.46. The molecule has 1 spiro atoms. The maximum absolute atomic E-state index is 5.43. The Hall–Kier alpha value is -8.01. The number of amidine groups is 1. The summed E-state index contributed by atoms with van der Waals surface area (Å²) in [6, 6.07) is 83.6. The van der Waals surface area contributed by atoms with Gasteiger partial charge in [0.25, 0.3) is 0 Å². The van der Waals surface area contributed by atoms with Crippen LogP contribution in [0.15, 0.2) is 242 Å². The second kappa shape index (κ2) is 14.6. The predicted octanol–water partition coefficient (Wildman–Crippen LogP) is 14.3. The molecule has 1 unspecified atom stereocenters. The van der Waals surface area contributed by atoms with E-state index in [0.717, 1.165) is 39.5 Å². The van der Waals surface area contributed by atoms with Crippen LogP contribution in [0, 0.1) is 0 Å². The van der Waals surface area contributed by atoms with Crippen LogP contribution in [-0.4, -0.2) is 5.84 Å². The molecule has 1 aliphatic carbocycles. The molecule has 9 aromatic carbocycles. The Labute approximate surface area is 362 Å². The van der Waals surface area contributed by atoms with Gasteiger partial charge in [0.1, 0.15) is 5.84 Å². The number of nitrogens with zero attached hydrogens (tertiary/aromatic N) is 2. The van der Waals surface area contributed by atoms with E-state index in [1.807, 2.05) is 0 Å². The lowest BCUT2D eigenvalue weighted by Gasteiger charge is -2.45. The average molecular weight is 792 g/mol. The third-order valence-electron chi connectivity index (χ3n) is 12.9. The number of hydrogen-bond donors (Lipinski definition) is 1. The molecule has 3 nitrogen and oxygen atoms in total. The smallest absolute Gasteiger partial charge is 0.134 e. The molecule has 62 heavy (non-hydrogen) atoms. The zero-order valence-electron chi connectivity index (χ0n) is 34.0. The summed E-state index contributed by atoms with van der Waals surface area (Å²) in [5, 5.41) is 3.79. The third kappa shape index (κ3) is 5.63. The lowest BCUT2D eigenvalue weighted by molar-refractivity contribution is 0.753. The molecule has 3 heteroatoms. The Morgan fingerprint density at radius 2 is 0.887 bits per heavy atom. The molecule has 292 valence electrons. The number of hydrogen-bond acceptors (Lipinski definition) is 3. The van der Waals surface area contributed by atoms with Crippen molar-refractivity contribution in [3.05, 3.63) is 276 Å². The number of anilines is 3. The SMILES string of the molecule is C1=C(c2ccccc2-c2ccc3c(c2)C2(c4ccccc4-3)c3ccccc3N(c3ccccc3)c3ccccc32)N=C(c2ccc(-c3ccccc3)cc2)NC1c1ccccc1. The monoisotopic (exact) mass is 791 g/mol. The number of nitrogens with one attached hydrogen (secondary N) is 1. The maximum Gasteiger partial charge on any atom is 0.134 e. The third-order valence-corrected chi connectivity index (χ3v) is 12.9. The van der Waals surface area contributed by atoms with E-state index < -0.39 is 5.41 Å². The van der Waals surface area contributed by atoms with Crippen LogP contribution in [-0.2, 0) is 5.41 Å². The molecule has 1 N–H and O–H groups in total. The molecule has 0 bridgehead atoms. The van der Waals surface area contributed by atoms with Crippen molar-refractivity contribution in [3.63, 3.8) is 0 Å². The second-order valence-electron chi connectivity index (χ2n) is 16.3. The standard InChI is InChI=1S/C59H41N3/c1-4-18-40(19-5-1)41-32-34-43(35-33-41)58-60-54(42-20-6-2-7-21-42)39-55(61-58)49-26-11-10-24-46(49)44-36-37-48-47-25-12-13-27-50(47)59(53(48)38-44)51-28-14-16-30-56(51)62(45-22-8-3-9-23-45)57-31-17-15-29-52(57)59/h1-39,54H,(H,60,61). The Balaban J connectivity index is 1.04. The van der Waals surface area contributed by atoms with Crippen LogP contribution in [0.2, 0.25) is 0 Å². The van der Waals surface area contributed by atoms with Gasteiger partial charge in [0, 0.05) is 16.8 Å². The Morgan fingerprint density at radius 1 is 0.387 bits per heavy atom. The molecule has 0 saturated heterocycles. The van der Waals surface area contributed by atoms with Crippen molar-refractivity contribution >= 4 is 28.6 Å². The van der Waals surface area contributed by atoms with Crippen LogP contribution in [0.3, 0.4) is 0 Å². The normalized spacial score (nSPS) is 15.4. The Morgan fingerprint density at radius 3 is 1.58 bits per heavy atom. The number of fused-ring (bicyclic) bond motifs is 9. The van der Waals surface area contributed by atoms with Gasteiger partial charge in [-0.1, -0.05) is 200 Å². The van der Waals surface area contributed by atoms with Gasteiger partial charge in [-0.2, -0.15) is 0 Å². The van der Waals surface area contributed by atoms with Crippen LogP contribution in [0.4, 0.5) is 17.1 Å². The minimum absolute atomic E-state index is 0.0684. The van der Waals surface area contributed by atoms with Crippen molar-refractivity contribution in [2.75, 3.05) is 4.90 Å². The minimum Gasteiger partial charge on any atom is -0.359 e. The van der Waals surface area contributed by atoms with Gasteiger partial charge < -0.3 is 10.2 Å². The first-order valence-electron chi connectivity index (χ1n) is 21.4.